The summed E-state index contributed by atoms with van der Waals surface area (Å²) in [5.41, 5.74) is 0. The molecular weight excluding hydrogens is 351 g/mol. The molecule has 0 aromatic carbocycles. The monoisotopic (exact) mass is 368 g/mol. The highest BCUT2D eigenvalue weighted by atomic mass is 35.5. The molecule has 8 heteroatoms. The summed E-state index contributed by atoms with van der Waals surface area (Å²) in [6.07, 6.45) is 4.31. The van der Waals surface area contributed by atoms with E-state index in [1.165, 1.54) is 12.5 Å². The molecule has 2 atom stereocenters. The van der Waals surface area contributed by atoms with Gasteiger partial charge in [0.15, 0.2) is 0 Å². The van der Waals surface area contributed by atoms with Crippen LogP contribution in [0.3, 0.4) is 0 Å². The molecule has 0 radical (unpaired) electrons. The Hall–Kier alpha value is 0.150. The zero-order chi connectivity index (χ0) is 15.0. The number of nitrogens with one attached hydrogen (secondary N) is 1. The van der Waals surface area contributed by atoms with Crippen LogP contribution in [0.15, 0.2) is 11.0 Å². The van der Waals surface area contributed by atoms with Crippen molar-refractivity contribution in [2.24, 2.45) is 5.92 Å². The van der Waals surface area contributed by atoms with Gasteiger partial charge in [-0.3, -0.25) is 0 Å². The van der Waals surface area contributed by atoms with Gasteiger partial charge in [-0.1, -0.05) is 23.2 Å². The lowest BCUT2D eigenvalue weighted by Gasteiger charge is -2.34. The van der Waals surface area contributed by atoms with Crippen molar-refractivity contribution in [3.63, 3.8) is 0 Å². The normalized spacial score (nSPS) is 28.1. The first-order valence-corrected chi connectivity index (χ1v) is 10.2. The minimum atomic E-state index is -3.53. The third kappa shape index (κ3) is 3.26. The topological polar surface area (TPSA) is 49.4 Å². The molecular formula is C13H18Cl2N2O2S2. The molecule has 2 unspecified atom stereocenters. The van der Waals surface area contributed by atoms with E-state index in [0.29, 0.717) is 29.4 Å². The fourth-order valence-electron chi connectivity index (χ4n) is 3.27. The van der Waals surface area contributed by atoms with Gasteiger partial charge in [0, 0.05) is 19.1 Å². The Morgan fingerprint density at radius 3 is 2.71 bits per heavy atom. The van der Waals surface area contributed by atoms with E-state index in [0.717, 1.165) is 37.1 Å². The van der Waals surface area contributed by atoms with Gasteiger partial charge in [-0.05, 0) is 44.2 Å². The molecule has 2 fully saturated rings. The largest absolute Gasteiger partial charge is 0.314 e. The summed E-state index contributed by atoms with van der Waals surface area (Å²) >= 11 is 13.0. The van der Waals surface area contributed by atoms with E-state index in [9.17, 15) is 8.42 Å². The molecule has 0 amide bonds. The summed E-state index contributed by atoms with van der Waals surface area (Å²) < 4.78 is 27.7. The average molecular weight is 369 g/mol. The van der Waals surface area contributed by atoms with E-state index >= 15 is 0 Å². The van der Waals surface area contributed by atoms with Crippen LogP contribution in [-0.2, 0) is 10.0 Å². The summed E-state index contributed by atoms with van der Waals surface area (Å²) in [6.45, 7) is 2.18. The Kier molecular flexibility index (Phi) is 4.83. The number of rotatable bonds is 3. The van der Waals surface area contributed by atoms with Crippen molar-refractivity contribution in [2.75, 3.05) is 19.6 Å². The fraction of sp³-hybridized carbons (Fsp3) is 0.692. The summed E-state index contributed by atoms with van der Waals surface area (Å²) in [5, 5.41) is 3.49. The SMILES string of the molecule is O=S(=O)(c1cc(Cl)sc1Cl)N1CCCC(C2CCCN2)C1. The molecule has 0 aliphatic carbocycles. The lowest BCUT2D eigenvalue weighted by atomic mass is 9.91. The maximum absolute atomic E-state index is 12.8. The summed E-state index contributed by atoms with van der Waals surface area (Å²) in [5.74, 6) is 0.393. The summed E-state index contributed by atoms with van der Waals surface area (Å²) in [4.78, 5) is 0.152. The Bertz CT molecular complexity index is 612. The number of halogens is 2. The van der Waals surface area contributed by atoms with Gasteiger partial charge in [-0.25, -0.2) is 8.42 Å². The van der Waals surface area contributed by atoms with E-state index in [1.807, 2.05) is 0 Å². The van der Waals surface area contributed by atoms with Gasteiger partial charge in [0.05, 0.1) is 4.34 Å². The average Bonchev–Trinajstić information content (AvgIpc) is 3.09. The van der Waals surface area contributed by atoms with E-state index in [4.69, 9.17) is 23.2 Å². The number of thiophene rings is 1. The van der Waals surface area contributed by atoms with Gasteiger partial charge in [-0.15, -0.1) is 11.3 Å². The second-order valence-electron chi connectivity index (χ2n) is 5.66. The smallest absolute Gasteiger partial charge is 0.245 e. The molecule has 1 aromatic rings. The highest BCUT2D eigenvalue weighted by Gasteiger charge is 2.36. The van der Waals surface area contributed by atoms with Crippen LogP contribution in [0, 0.1) is 5.92 Å². The van der Waals surface area contributed by atoms with Crippen molar-refractivity contribution in [3.8, 4) is 0 Å². The molecule has 1 N–H and O–H groups in total. The third-order valence-electron chi connectivity index (χ3n) is 4.33. The molecule has 0 spiro atoms. The molecule has 0 saturated carbocycles. The van der Waals surface area contributed by atoms with E-state index in [2.05, 4.69) is 5.32 Å². The van der Waals surface area contributed by atoms with E-state index in [1.54, 1.807) is 4.31 Å². The van der Waals surface area contributed by atoms with Gasteiger partial charge in [0.2, 0.25) is 10.0 Å². The van der Waals surface area contributed by atoms with Gasteiger partial charge in [-0.2, -0.15) is 4.31 Å². The van der Waals surface area contributed by atoms with Crippen LogP contribution in [0.2, 0.25) is 8.67 Å². The molecule has 21 heavy (non-hydrogen) atoms. The molecule has 1 aromatic heterocycles. The molecule has 2 aliphatic rings. The van der Waals surface area contributed by atoms with Crippen LogP contribution in [0.1, 0.15) is 25.7 Å². The molecule has 118 valence electrons. The fourth-order valence-corrected chi connectivity index (χ4v) is 6.92. The second kappa shape index (κ2) is 6.34. The summed E-state index contributed by atoms with van der Waals surface area (Å²) in [6, 6.07) is 1.91. The highest BCUT2D eigenvalue weighted by Crippen LogP contribution is 2.37. The first kappa shape index (κ1) is 16.0. The van der Waals surface area contributed by atoms with E-state index in [-0.39, 0.29) is 9.23 Å². The Morgan fingerprint density at radius 1 is 1.29 bits per heavy atom. The van der Waals surface area contributed by atoms with Crippen molar-refractivity contribution in [1.82, 2.24) is 9.62 Å². The van der Waals surface area contributed by atoms with Crippen LogP contribution in [0.5, 0.6) is 0 Å². The molecule has 4 nitrogen and oxygen atoms in total. The van der Waals surface area contributed by atoms with Crippen LogP contribution in [0.4, 0.5) is 0 Å². The number of piperidine rings is 1. The molecule has 3 rings (SSSR count). The van der Waals surface area contributed by atoms with Crippen molar-refractivity contribution >= 4 is 44.6 Å². The maximum Gasteiger partial charge on any atom is 0.245 e. The lowest BCUT2D eigenvalue weighted by molar-refractivity contribution is 0.226. The molecule has 2 aliphatic heterocycles. The second-order valence-corrected chi connectivity index (χ2v) is 9.85. The number of hydrogen-bond donors (Lipinski definition) is 1. The minimum absolute atomic E-state index is 0.152. The van der Waals surface area contributed by atoms with Gasteiger partial charge in [0.1, 0.15) is 9.23 Å². The summed E-state index contributed by atoms with van der Waals surface area (Å²) in [7, 11) is -3.53. The zero-order valence-electron chi connectivity index (χ0n) is 11.5. The van der Waals surface area contributed by atoms with Gasteiger partial charge < -0.3 is 5.32 Å². The Morgan fingerprint density at radius 2 is 2.10 bits per heavy atom. The highest BCUT2D eigenvalue weighted by molar-refractivity contribution is 7.89. The van der Waals surface area contributed by atoms with Crippen molar-refractivity contribution < 1.29 is 8.42 Å². The number of hydrogen-bond acceptors (Lipinski definition) is 4. The Labute approximate surface area is 139 Å². The predicted octanol–water partition coefficient (Wildman–Crippen LogP) is 3.21. The quantitative estimate of drug-likeness (QED) is 0.890. The van der Waals surface area contributed by atoms with Crippen LogP contribution in [-0.4, -0.2) is 38.4 Å². The zero-order valence-corrected chi connectivity index (χ0v) is 14.7. The maximum atomic E-state index is 12.8. The Balaban J connectivity index is 1.80. The van der Waals surface area contributed by atoms with Crippen LogP contribution in [0.25, 0.3) is 0 Å². The standard InChI is InChI=1S/C13H18Cl2N2O2S2/c14-12-7-11(13(15)20-12)21(18,19)17-6-2-3-9(8-17)10-4-1-5-16-10/h7,9-10,16H,1-6,8H2. The lowest BCUT2D eigenvalue weighted by Crippen LogP contribution is -2.45. The van der Waals surface area contributed by atoms with Gasteiger partial charge >= 0.3 is 0 Å². The first-order valence-electron chi connectivity index (χ1n) is 7.17. The van der Waals surface area contributed by atoms with Crippen molar-refractivity contribution in [2.45, 2.75) is 36.6 Å². The number of nitrogens with zero attached hydrogens (tertiary/aromatic N) is 1. The third-order valence-corrected chi connectivity index (χ3v) is 7.95. The van der Waals surface area contributed by atoms with Crippen molar-refractivity contribution in [3.05, 3.63) is 14.7 Å². The van der Waals surface area contributed by atoms with Gasteiger partial charge in [0.25, 0.3) is 0 Å². The minimum Gasteiger partial charge on any atom is -0.314 e. The van der Waals surface area contributed by atoms with E-state index < -0.39 is 10.0 Å². The molecule has 2 saturated heterocycles. The van der Waals surface area contributed by atoms with Crippen molar-refractivity contribution in [1.29, 1.82) is 0 Å². The molecule has 3 heterocycles. The van der Waals surface area contributed by atoms with Crippen LogP contribution >= 0.6 is 34.5 Å². The van der Waals surface area contributed by atoms with Crippen LogP contribution < -0.4 is 5.32 Å². The number of sulfonamides is 1. The first-order chi connectivity index (χ1) is 9.98. The predicted molar refractivity (Wildman–Crippen MR) is 86.8 cm³/mol. The molecule has 0 bridgehead atoms.